The summed E-state index contributed by atoms with van der Waals surface area (Å²) < 4.78 is 12.5. The highest BCUT2D eigenvalue weighted by molar-refractivity contribution is 9.10. The fourth-order valence-electron chi connectivity index (χ4n) is 3.71. The van der Waals surface area contributed by atoms with Crippen molar-refractivity contribution in [1.82, 2.24) is 4.90 Å². The van der Waals surface area contributed by atoms with Gasteiger partial charge in [-0.3, -0.25) is 4.90 Å². The molecule has 2 N–H and O–H groups in total. The largest absolute Gasteiger partial charge is 0.486 e. The summed E-state index contributed by atoms with van der Waals surface area (Å²) >= 11 is 3.64. The first-order valence-electron chi connectivity index (χ1n) is 7.83. The molecule has 4 rings (SSSR count). The van der Waals surface area contributed by atoms with Gasteiger partial charge in [0.25, 0.3) is 0 Å². The molecule has 5 heteroatoms. The third-order valence-electron chi connectivity index (χ3n) is 4.84. The number of rotatable bonds is 3. The second-order valence-electron chi connectivity index (χ2n) is 6.23. The Morgan fingerprint density at radius 3 is 2.76 bits per heavy atom. The Morgan fingerprint density at radius 1 is 1.19 bits per heavy atom. The van der Waals surface area contributed by atoms with Gasteiger partial charge in [-0.15, -0.1) is 0 Å². The van der Waals surface area contributed by atoms with Gasteiger partial charge in [-0.05, 0) is 71.9 Å². The Kier molecular flexibility index (Phi) is 3.59. The van der Waals surface area contributed by atoms with Crippen LogP contribution in [0.3, 0.4) is 0 Å². The molecule has 0 amide bonds. The van der Waals surface area contributed by atoms with Gasteiger partial charge in [-0.25, -0.2) is 0 Å². The average Bonchev–Trinajstić information content (AvgIpc) is 3.26. The SMILES string of the molecule is NCC1CCN(C2CC2)C1c1cc(Br)c2c(c1)OCCO2. The number of ether oxygens (including phenoxy) is 2. The van der Waals surface area contributed by atoms with Gasteiger partial charge in [0, 0.05) is 12.1 Å². The lowest BCUT2D eigenvalue weighted by Crippen LogP contribution is -2.30. The van der Waals surface area contributed by atoms with E-state index in [2.05, 4.69) is 33.0 Å². The molecule has 21 heavy (non-hydrogen) atoms. The molecule has 2 aliphatic heterocycles. The molecule has 114 valence electrons. The van der Waals surface area contributed by atoms with Gasteiger partial charge in [0.15, 0.2) is 11.5 Å². The van der Waals surface area contributed by atoms with E-state index in [4.69, 9.17) is 15.2 Å². The lowest BCUT2D eigenvalue weighted by molar-refractivity contribution is 0.168. The van der Waals surface area contributed by atoms with Crippen LogP contribution in [0.15, 0.2) is 16.6 Å². The van der Waals surface area contributed by atoms with Crippen LogP contribution in [-0.4, -0.2) is 37.2 Å². The van der Waals surface area contributed by atoms with Crippen LogP contribution in [0.25, 0.3) is 0 Å². The summed E-state index contributed by atoms with van der Waals surface area (Å²) in [5.41, 5.74) is 7.34. The fraction of sp³-hybridized carbons (Fsp3) is 0.625. The first-order valence-corrected chi connectivity index (χ1v) is 8.62. The molecule has 2 heterocycles. The summed E-state index contributed by atoms with van der Waals surface area (Å²) in [4.78, 5) is 2.65. The van der Waals surface area contributed by atoms with Crippen molar-refractivity contribution in [2.24, 2.45) is 11.7 Å². The van der Waals surface area contributed by atoms with Crippen molar-refractivity contribution >= 4 is 15.9 Å². The van der Waals surface area contributed by atoms with Crippen molar-refractivity contribution in [2.75, 3.05) is 26.3 Å². The van der Waals surface area contributed by atoms with Gasteiger partial charge in [-0.2, -0.15) is 0 Å². The summed E-state index contributed by atoms with van der Waals surface area (Å²) in [6, 6.07) is 5.54. The number of benzene rings is 1. The highest BCUT2D eigenvalue weighted by atomic mass is 79.9. The van der Waals surface area contributed by atoms with Gasteiger partial charge in [0.05, 0.1) is 4.47 Å². The maximum atomic E-state index is 6.03. The Bertz CT molecular complexity index is 547. The number of likely N-dealkylation sites (tertiary alicyclic amines) is 1. The van der Waals surface area contributed by atoms with E-state index >= 15 is 0 Å². The lowest BCUT2D eigenvalue weighted by Gasteiger charge is -2.30. The smallest absolute Gasteiger partial charge is 0.175 e. The minimum atomic E-state index is 0.426. The first kappa shape index (κ1) is 13.9. The van der Waals surface area contributed by atoms with Crippen molar-refractivity contribution in [2.45, 2.75) is 31.3 Å². The second kappa shape index (κ2) is 5.45. The Hall–Kier alpha value is -0.780. The van der Waals surface area contributed by atoms with Crippen LogP contribution in [0.2, 0.25) is 0 Å². The van der Waals surface area contributed by atoms with Crippen molar-refractivity contribution in [3.8, 4) is 11.5 Å². The van der Waals surface area contributed by atoms with E-state index in [0.717, 1.165) is 28.6 Å². The number of fused-ring (bicyclic) bond motifs is 1. The summed E-state index contributed by atoms with van der Waals surface area (Å²) in [5, 5.41) is 0. The zero-order valence-corrected chi connectivity index (χ0v) is 13.6. The summed E-state index contributed by atoms with van der Waals surface area (Å²) in [6.07, 6.45) is 3.86. The molecule has 1 aromatic carbocycles. The zero-order valence-electron chi connectivity index (χ0n) is 12.1. The van der Waals surface area contributed by atoms with E-state index in [0.29, 0.717) is 25.2 Å². The molecule has 0 spiro atoms. The molecule has 0 radical (unpaired) electrons. The number of hydrogen-bond acceptors (Lipinski definition) is 4. The maximum Gasteiger partial charge on any atom is 0.175 e. The van der Waals surface area contributed by atoms with Crippen molar-refractivity contribution in [1.29, 1.82) is 0 Å². The molecule has 4 nitrogen and oxygen atoms in total. The number of nitrogens with zero attached hydrogens (tertiary/aromatic N) is 1. The second-order valence-corrected chi connectivity index (χ2v) is 7.08. The molecule has 2 fully saturated rings. The quantitative estimate of drug-likeness (QED) is 0.908. The van der Waals surface area contributed by atoms with E-state index < -0.39 is 0 Å². The number of hydrogen-bond donors (Lipinski definition) is 1. The molecular weight excluding hydrogens is 332 g/mol. The Morgan fingerprint density at radius 2 is 2.00 bits per heavy atom. The predicted octanol–water partition coefficient (Wildman–Crippen LogP) is 2.70. The summed E-state index contributed by atoms with van der Waals surface area (Å²) in [6.45, 7) is 3.16. The minimum absolute atomic E-state index is 0.426. The summed E-state index contributed by atoms with van der Waals surface area (Å²) in [5.74, 6) is 2.24. The van der Waals surface area contributed by atoms with Crippen LogP contribution in [-0.2, 0) is 0 Å². The van der Waals surface area contributed by atoms with Gasteiger partial charge in [-0.1, -0.05) is 0 Å². The van der Waals surface area contributed by atoms with Crippen molar-refractivity contribution in [3.05, 3.63) is 22.2 Å². The Balaban J connectivity index is 1.71. The topological polar surface area (TPSA) is 47.7 Å². The van der Waals surface area contributed by atoms with Crippen LogP contribution in [0.5, 0.6) is 11.5 Å². The van der Waals surface area contributed by atoms with Crippen LogP contribution in [0, 0.1) is 5.92 Å². The molecule has 2 unspecified atom stereocenters. The van der Waals surface area contributed by atoms with Crippen molar-refractivity contribution in [3.63, 3.8) is 0 Å². The van der Waals surface area contributed by atoms with Gasteiger partial charge in [0.2, 0.25) is 0 Å². The molecule has 1 saturated heterocycles. The third-order valence-corrected chi connectivity index (χ3v) is 5.43. The number of halogens is 1. The lowest BCUT2D eigenvalue weighted by atomic mass is 9.93. The average molecular weight is 353 g/mol. The first-order chi connectivity index (χ1) is 10.3. The van der Waals surface area contributed by atoms with Crippen LogP contribution < -0.4 is 15.2 Å². The van der Waals surface area contributed by atoms with Gasteiger partial charge in [0.1, 0.15) is 13.2 Å². The third kappa shape index (κ3) is 2.45. The van der Waals surface area contributed by atoms with E-state index in [1.807, 2.05) is 0 Å². The molecule has 1 saturated carbocycles. The fourth-order valence-corrected chi connectivity index (χ4v) is 4.28. The van der Waals surface area contributed by atoms with E-state index in [-0.39, 0.29) is 0 Å². The highest BCUT2D eigenvalue weighted by Crippen LogP contribution is 2.47. The van der Waals surface area contributed by atoms with Crippen LogP contribution in [0.1, 0.15) is 30.9 Å². The van der Waals surface area contributed by atoms with Gasteiger partial charge >= 0.3 is 0 Å². The maximum absolute atomic E-state index is 6.03. The molecule has 3 aliphatic rings. The van der Waals surface area contributed by atoms with E-state index in [9.17, 15) is 0 Å². The monoisotopic (exact) mass is 352 g/mol. The molecule has 0 aromatic heterocycles. The summed E-state index contributed by atoms with van der Waals surface area (Å²) in [7, 11) is 0. The van der Waals surface area contributed by atoms with Crippen LogP contribution in [0.4, 0.5) is 0 Å². The van der Waals surface area contributed by atoms with Crippen LogP contribution >= 0.6 is 15.9 Å². The normalized spacial score (nSPS) is 28.9. The highest BCUT2D eigenvalue weighted by Gasteiger charge is 2.42. The minimum Gasteiger partial charge on any atom is -0.486 e. The number of nitrogens with two attached hydrogens (primary N) is 1. The molecule has 1 aliphatic carbocycles. The molecule has 2 atom stereocenters. The standard InChI is InChI=1S/C16H21BrN2O2/c17-13-7-11(8-14-16(13)21-6-5-20-14)15-10(9-18)3-4-19(15)12-1-2-12/h7-8,10,12,15H,1-6,9,18H2. The zero-order chi connectivity index (χ0) is 14.4. The molecule has 1 aromatic rings. The predicted molar refractivity (Wildman–Crippen MR) is 84.8 cm³/mol. The van der Waals surface area contributed by atoms with E-state index in [1.54, 1.807) is 0 Å². The molecular formula is C16H21BrN2O2. The molecule has 0 bridgehead atoms. The van der Waals surface area contributed by atoms with Crippen molar-refractivity contribution < 1.29 is 9.47 Å². The van der Waals surface area contributed by atoms with E-state index in [1.165, 1.54) is 31.4 Å². The van der Waals surface area contributed by atoms with Gasteiger partial charge < -0.3 is 15.2 Å². The Labute approximate surface area is 133 Å².